The first-order valence-electron chi connectivity index (χ1n) is 7.52. The lowest BCUT2D eigenvalue weighted by Gasteiger charge is -2.29. The molecule has 0 saturated heterocycles. The minimum atomic E-state index is -0.124. The Labute approximate surface area is 123 Å². The van der Waals surface area contributed by atoms with E-state index in [9.17, 15) is 4.39 Å². The van der Waals surface area contributed by atoms with Gasteiger partial charge in [0.05, 0.1) is 0 Å². The van der Waals surface area contributed by atoms with Crippen molar-refractivity contribution in [3.05, 3.63) is 29.6 Å². The number of hydrogen-bond acceptors (Lipinski definition) is 2. The monoisotopic (exact) mass is 280 g/mol. The first-order chi connectivity index (χ1) is 9.24. The number of halogens is 1. The Hall–Kier alpha value is -1.09. The lowest BCUT2D eigenvalue weighted by atomic mass is 10.1. The second kappa shape index (κ2) is 7.07. The van der Waals surface area contributed by atoms with Gasteiger partial charge in [0.2, 0.25) is 0 Å². The van der Waals surface area contributed by atoms with Gasteiger partial charge >= 0.3 is 0 Å². The van der Waals surface area contributed by atoms with E-state index in [4.69, 9.17) is 0 Å². The second-order valence-corrected chi connectivity index (χ2v) is 6.77. The molecule has 3 heteroatoms. The summed E-state index contributed by atoms with van der Waals surface area (Å²) >= 11 is 0. The number of benzene rings is 1. The van der Waals surface area contributed by atoms with Gasteiger partial charge in [-0.1, -0.05) is 19.9 Å². The van der Waals surface area contributed by atoms with E-state index in [0.717, 1.165) is 24.3 Å². The van der Waals surface area contributed by atoms with Crippen molar-refractivity contribution < 1.29 is 4.39 Å². The molecule has 0 aliphatic rings. The van der Waals surface area contributed by atoms with Crippen molar-refractivity contribution in [2.45, 2.75) is 53.6 Å². The average Bonchev–Trinajstić information content (AvgIpc) is 2.33. The van der Waals surface area contributed by atoms with Gasteiger partial charge in [-0.25, -0.2) is 4.39 Å². The molecule has 0 spiro atoms. The van der Waals surface area contributed by atoms with E-state index < -0.39 is 0 Å². The van der Waals surface area contributed by atoms with Crippen molar-refractivity contribution in [1.29, 1.82) is 0 Å². The standard InChI is InChI=1S/C17H29FN2/c1-7-20(12-13(2)3)16-10-8-9-15(18)14(16)11-19-17(4,5)6/h8-10,13,19H,7,11-12H2,1-6H3. The molecule has 1 rings (SSSR count). The zero-order chi connectivity index (χ0) is 15.3. The highest BCUT2D eigenvalue weighted by molar-refractivity contribution is 5.54. The smallest absolute Gasteiger partial charge is 0.129 e. The van der Waals surface area contributed by atoms with Crippen LogP contribution >= 0.6 is 0 Å². The third kappa shape index (κ3) is 5.12. The zero-order valence-electron chi connectivity index (χ0n) is 13.8. The van der Waals surface area contributed by atoms with E-state index in [1.165, 1.54) is 0 Å². The highest BCUT2D eigenvalue weighted by Crippen LogP contribution is 2.24. The van der Waals surface area contributed by atoms with Crippen LogP contribution in [0, 0.1) is 11.7 Å². The normalized spacial score (nSPS) is 12.0. The van der Waals surface area contributed by atoms with Crippen molar-refractivity contribution in [2.24, 2.45) is 5.92 Å². The van der Waals surface area contributed by atoms with Gasteiger partial charge in [0.25, 0.3) is 0 Å². The first kappa shape index (κ1) is 17.0. The quantitative estimate of drug-likeness (QED) is 0.840. The van der Waals surface area contributed by atoms with E-state index in [-0.39, 0.29) is 11.4 Å². The Kier molecular flexibility index (Phi) is 6.00. The van der Waals surface area contributed by atoms with E-state index in [1.54, 1.807) is 12.1 Å². The van der Waals surface area contributed by atoms with Gasteiger partial charge in [-0.2, -0.15) is 0 Å². The zero-order valence-corrected chi connectivity index (χ0v) is 13.8. The van der Waals surface area contributed by atoms with Crippen LogP contribution < -0.4 is 10.2 Å². The first-order valence-corrected chi connectivity index (χ1v) is 7.52. The van der Waals surface area contributed by atoms with E-state index in [1.807, 2.05) is 6.07 Å². The van der Waals surface area contributed by atoms with Gasteiger partial charge in [-0.15, -0.1) is 0 Å². The minimum absolute atomic E-state index is 0.0192. The fourth-order valence-electron chi connectivity index (χ4n) is 2.21. The van der Waals surface area contributed by atoms with Crippen molar-refractivity contribution in [2.75, 3.05) is 18.0 Å². The molecule has 0 radical (unpaired) electrons. The van der Waals surface area contributed by atoms with Crippen LogP contribution in [0.5, 0.6) is 0 Å². The lowest BCUT2D eigenvalue weighted by Crippen LogP contribution is -2.36. The van der Waals surface area contributed by atoms with E-state index in [2.05, 4.69) is 51.8 Å². The van der Waals surface area contributed by atoms with Crippen molar-refractivity contribution >= 4 is 5.69 Å². The number of nitrogens with zero attached hydrogens (tertiary/aromatic N) is 1. The summed E-state index contributed by atoms with van der Waals surface area (Å²) in [4.78, 5) is 2.26. The molecule has 20 heavy (non-hydrogen) atoms. The average molecular weight is 280 g/mol. The molecule has 1 aromatic rings. The topological polar surface area (TPSA) is 15.3 Å². The Morgan fingerprint density at radius 3 is 2.40 bits per heavy atom. The molecular formula is C17H29FN2. The fourth-order valence-corrected chi connectivity index (χ4v) is 2.21. The Bertz CT molecular complexity index is 421. The van der Waals surface area contributed by atoms with Crippen LogP contribution in [0.15, 0.2) is 18.2 Å². The molecule has 0 atom stereocenters. The predicted octanol–water partition coefficient (Wildman–Crippen LogP) is 4.20. The highest BCUT2D eigenvalue weighted by Gasteiger charge is 2.17. The van der Waals surface area contributed by atoms with E-state index in [0.29, 0.717) is 12.5 Å². The van der Waals surface area contributed by atoms with Crippen LogP contribution in [0.25, 0.3) is 0 Å². The van der Waals surface area contributed by atoms with Gasteiger partial charge in [0.1, 0.15) is 5.82 Å². The molecule has 0 heterocycles. The number of hydrogen-bond donors (Lipinski definition) is 1. The lowest BCUT2D eigenvalue weighted by molar-refractivity contribution is 0.418. The summed E-state index contributed by atoms with van der Waals surface area (Å²) in [5.74, 6) is 0.433. The Morgan fingerprint density at radius 1 is 1.25 bits per heavy atom. The Balaban J connectivity index is 3.02. The third-order valence-corrected chi connectivity index (χ3v) is 3.20. The van der Waals surface area contributed by atoms with E-state index >= 15 is 0 Å². The summed E-state index contributed by atoms with van der Waals surface area (Å²) in [6.07, 6.45) is 0. The maximum absolute atomic E-state index is 14.2. The summed E-state index contributed by atoms with van der Waals surface area (Å²) in [6, 6.07) is 5.37. The summed E-state index contributed by atoms with van der Waals surface area (Å²) < 4.78 is 14.2. The summed E-state index contributed by atoms with van der Waals surface area (Å²) in [7, 11) is 0. The predicted molar refractivity (Wildman–Crippen MR) is 85.7 cm³/mol. The molecule has 2 nitrogen and oxygen atoms in total. The number of anilines is 1. The van der Waals surface area contributed by atoms with Crippen LogP contribution in [-0.2, 0) is 6.54 Å². The largest absolute Gasteiger partial charge is 0.371 e. The molecule has 0 amide bonds. The minimum Gasteiger partial charge on any atom is -0.371 e. The van der Waals surface area contributed by atoms with Crippen LogP contribution in [0.1, 0.15) is 47.1 Å². The third-order valence-electron chi connectivity index (χ3n) is 3.20. The summed E-state index contributed by atoms with van der Waals surface area (Å²) in [5, 5.41) is 3.39. The van der Waals surface area contributed by atoms with Gasteiger partial charge in [0, 0.05) is 36.4 Å². The molecule has 114 valence electrons. The molecule has 0 aromatic heterocycles. The molecule has 1 N–H and O–H groups in total. The van der Waals surface area contributed by atoms with Gasteiger partial charge in [-0.05, 0) is 45.7 Å². The summed E-state index contributed by atoms with van der Waals surface area (Å²) in [5.41, 5.74) is 1.76. The van der Waals surface area contributed by atoms with Crippen LogP contribution in [-0.4, -0.2) is 18.6 Å². The Morgan fingerprint density at radius 2 is 1.90 bits per heavy atom. The van der Waals surface area contributed by atoms with Gasteiger partial charge in [0.15, 0.2) is 0 Å². The molecule has 0 aliphatic carbocycles. The highest BCUT2D eigenvalue weighted by atomic mass is 19.1. The molecule has 0 unspecified atom stereocenters. The SMILES string of the molecule is CCN(CC(C)C)c1cccc(F)c1CNC(C)(C)C. The van der Waals surface area contributed by atoms with Crippen molar-refractivity contribution in [3.8, 4) is 0 Å². The summed E-state index contributed by atoms with van der Waals surface area (Å²) in [6.45, 7) is 15.2. The molecule has 0 fully saturated rings. The molecular weight excluding hydrogens is 251 g/mol. The van der Waals surface area contributed by atoms with Gasteiger partial charge in [-0.3, -0.25) is 0 Å². The van der Waals surface area contributed by atoms with Crippen molar-refractivity contribution in [3.63, 3.8) is 0 Å². The van der Waals surface area contributed by atoms with Crippen LogP contribution in [0.2, 0.25) is 0 Å². The molecule has 0 saturated carbocycles. The van der Waals surface area contributed by atoms with Crippen molar-refractivity contribution in [1.82, 2.24) is 5.32 Å². The maximum atomic E-state index is 14.2. The maximum Gasteiger partial charge on any atom is 0.129 e. The number of rotatable bonds is 6. The number of nitrogens with one attached hydrogen (secondary N) is 1. The van der Waals surface area contributed by atoms with Crippen LogP contribution in [0.4, 0.5) is 10.1 Å². The molecule has 0 aliphatic heterocycles. The fraction of sp³-hybridized carbons (Fsp3) is 0.647. The van der Waals surface area contributed by atoms with Gasteiger partial charge < -0.3 is 10.2 Å². The molecule has 1 aromatic carbocycles. The van der Waals surface area contributed by atoms with Crippen LogP contribution in [0.3, 0.4) is 0 Å². The molecule has 0 bridgehead atoms. The second-order valence-electron chi connectivity index (χ2n) is 6.77.